The lowest BCUT2D eigenvalue weighted by molar-refractivity contribution is 0.0785. The van der Waals surface area contributed by atoms with Crippen molar-refractivity contribution in [2.75, 3.05) is 7.05 Å². The van der Waals surface area contributed by atoms with Crippen LogP contribution in [0.25, 0.3) is 0 Å². The number of hydrogen-bond acceptors (Lipinski definition) is 3. The summed E-state index contributed by atoms with van der Waals surface area (Å²) in [7, 11) is 3.22. The van der Waals surface area contributed by atoms with E-state index in [1.807, 2.05) is 0 Å². The highest BCUT2D eigenvalue weighted by Gasteiger charge is 2.30. The topological polar surface area (TPSA) is 54.5 Å². The van der Waals surface area contributed by atoms with Gasteiger partial charge in [0.15, 0.2) is 0 Å². The van der Waals surface area contributed by atoms with Gasteiger partial charge in [-0.1, -0.05) is 0 Å². The average molecular weight is 274 g/mol. The summed E-state index contributed by atoms with van der Waals surface area (Å²) in [6.07, 6.45) is 2.08. The number of carbonyl (C=O) groups excluding carboxylic acids is 1. The largest absolute Gasteiger partial charge is 0.339 e. The van der Waals surface area contributed by atoms with E-state index in [0.29, 0.717) is 11.6 Å². The monoisotopic (exact) mass is 273 g/mol. The van der Waals surface area contributed by atoms with Gasteiger partial charge in [-0.2, -0.15) is 0 Å². The van der Waals surface area contributed by atoms with Gasteiger partial charge >= 0.3 is 0 Å². The van der Waals surface area contributed by atoms with Gasteiger partial charge in [-0.3, -0.25) is 4.79 Å². The zero-order valence-electron chi connectivity index (χ0n) is 9.26. The second kappa shape index (κ2) is 4.31. The van der Waals surface area contributed by atoms with E-state index in [-0.39, 0.29) is 10.8 Å². The third kappa shape index (κ3) is 2.79. The first-order chi connectivity index (χ1) is 7.89. The van der Waals surface area contributed by atoms with Crippen LogP contribution in [0.2, 0.25) is 0 Å². The number of amides is 1. The third-order valence-electron chi connectivity index (χ3n) is 2.80. The lowest BCUT2D eigenvalue weighted by atomic mass is 10.2. The highest BCUT2D eigenvalue weighted by atomic mass is 35.7. The van der Waals surface area contributed by atoms with Gasteiger partial charge in [0.2, 0.25) is 0 Å². The second-order valence-electron chi connectivity index (χ2n) is 4.11. The lowest BCUT2D eigenvalue weighted by Crippen LogP contribution is -2.28. The molecular weight excluding hydrogens is 262 g/mol. The minimum atomic E-state index is -3.72. The van der Waals surface area contributed by atoms with Crippen molar-refractivity contribution in [1.82, 2.24) is 4.90 Å². The van der Waals surface area contributed by atoms with Gasteiger partial charge in [0.1, 0.15) is 0 Å². The standard InChI is InChI=1S/C11H12ClNO3S/c1-13(9-4-5-9)11(14)8-2-6-10(7-3-8)17(12,15)16/h2-3,6-7,9H,4-5H2,1H3. The number of halogens is 1. The Kier molecular flexibility index (Phi) is 3.14. The average Bonchev–Trinajstić information content (AvgIpc) is 3.10. The van der Waals surface area contributed by atoms with E-state index >= 15 is 0 Å². The number of carbonyl (C=O) groups is 1. The Balaban J connectivity index is 2.20. The highest BCUT2D eigenvalue weighted by Crippen LogP contribution is 2.27. The number of hydrogen-bond donors (Lipinski definition) is 0. The maximum Gasteiger partial charge on any atom is 0.261 e. The molecule has 0 aromatic heterocycles. The Hall–Kier alpha value is -1.07. The SMILES string of the molecule is CN(C(=O)c1ccc(S(=O)(=O)Cl)cc1)C1CC1. The first-order valence-electron chi connectivity index (χ1n) is 5.21. The van der Waals surface area contributed by atoms with Crippen LogP contribution in [0.5, 0.6) is 0 Å². The van der Waals surface area contributed by atoms with Crippen LogP contribution < -0.4 is 0 Å². The van der Waals surface area contributed by atoms with Crippen molar-refractivity contribution in [3.05, 3.63) is 29.8 Å². The highest BCUT2D eigenvalue weighted by molar-refractivity contribution is 8.13. The van der Waals surface area contributed by atoms with Gasteiger partial charge in [-0.25, -0.2) is 8.42 Å². The molecule has 0 heterocycles. The van der Waals surface area contributed by atoms with Crippen LogP contribution in [0, 0.1) is 0 Å². The van der Waals surface area contributed by atoms with Gasteiger partial charge in [-0.15, -0.1) is 0 Å². The van der Waals surface area contributed by atoms with Crippen molar-refractivity contribution in [3.63, 3.8) is 0 Å². The Bertz CT molecular complexity index is 534. The smallest absolute Gasteiger partial charge is 0.261 e. The summed E-state index contributed by atoms with van der Waals surface area (Å²) in [6.45, 7) is 0. The van der Waals surface area contributed by atoms with E-state index in [1.165, 1.54) is 24.3 Å². The molecule has 1 saturated carbocycles. The normalized spacial score (nSPS) is 15.6. The Morgan fingerprint density at radius 1 is 1.29 bits per heavy atom. The molecular formula is C11H12ClNO3S. The molecule has 1 aromatic carbocycles. The third-order valence-corrected chi connectivity index (χ3v) is 4.17. The Morgan fingerprint density at radius 3 is 2.24 bits per heavy atom. The van der Waals surface area contributed by atoms with Crippen LogP contribution in [0.4, 0.5) is 0 Å². The summed E-state index contributed by atoms with van der Waals surface area (Å²) in [4.78, 5) is 13.6. The molecule has 0 aliphatic heterocycles. The lowest BCUT2D eigenvalue weighted by Gasteiger charge is -2.16. The summed E-state index contributed by atoms with van der Waals surface area (Å²) in [5.74, 6) is -0.0916. The maximum absolute atomic E-state index is 11.9. The van der Waals surface area contributed by atoms with Gasteiger partial charge in [0.05, 0.1) is 4.90 Å². The molecule has 0 radical (unpaired) electrons. The van der Waals surface area contributed by atoms with Gasteiger partial charge < -0.3 is 4.90 Å². The number of nitrogens with zero attached hydrogens (tertiary/aromatic N) is 1. The maximum atomic E-state index is 11.9. The molecule has 0 saturated heterocycles. The molecule has 2 rings (SSSR count). The zero-order chi connectivity index (χ0) is 12.6. The predicted molar refractivity (Wildman–Crippen MR) is 64.6 cm³/mol. The minimum Gasteiger partial charge on any atom is -0.339 e. The number of benzene rings is 1. The Morgan fingerprint density at radius 2 is 1.82 bits per heavy atom. The molecule has 0 N–H and O–H groups in total. The van der Waals surface area contributed by atoms with Crippen LogP contribution in [-0.2, 0) is 9.05 Å². The minimum absolute atomic E-state index is 0.00444. The summed E-state index contributed by atoms with van der Waals surface area (Å²) in [5, 5.41) is 0. The van der Waals surface area contributed by atoms with Crippen molar-refractivity contribution < 1.29 is 13.2 Å². The summed E-state index contributed by atoms with van der Waals surface area (Å²) in [5.41, 5.74) is 0.475. The summed E-state index contributed by atoms with van der Waals surface area (Å²) >= 11 is 0. The van der Waals surface area contributed by atoms with Crippen LogP contribution in [0.3, 0.4) is 0 Å². The van der Waals surface area contributed by atoms with Crippen molar-refractivity contribution in [2.45, 2.75) is 23.8 Å². The van der Waals surface area contributed by atoms with Crippen LogP contribution in [0.15, 0.2) is 29.2 Å². The molecule has 1 aliphatic carbocycles. The second-order valence-corrected chi connectivity index (χ2v) is 6.68. The van der Waals surface area contributed by atoms with Crippen molar-refractivity contribution in [2.24, 2.45) is 0 Å². The molecule has 1 fully saturated rings. The van der Waals surface area contributed by atoms with Gasteiger partial charge in [0.25, 0.3) is 15.0 Å². The van der Waals surface area contributed by atoms with E-state index in [1.54, 1.807) is 11.9 Å². The summed E-state index contributed by atoms with van der Waals surface area (Å²) in [6, 6.07) is 5.98. The van der Waals surface area contributed by atoms with Crippen LogP contribution in [0.1, 0.15) is 23.2 Å². The van der Waals surface area contributed by atoms with E-state index in [2.05, 4.69) is 0 Å². The quantitative estimate of drug-likeness (QED) is 0.790. The molecule has 1 aromatic rings. The molecule has 4 nitrogen and oxygen atoms in total. The Labute approximate surface area is 105 Å². The molecule has 1 aliphatic rings. The van der Waals surface area contributed by atoms with E-state index in [0.717, 1.165) is 12.8 Å². The molecule has 1 amide bonds. The van der Waals surface area contributed by atoms with Crippen LogP contribution in [-0.4, -0.2) is 32.3 Å². The molecule has 0 bridgehead atoms. The zero-order valence-corrected chi connectivity index (χ0v) is 10.8. The molecule has 6 heteroatoms. The first-order valence-corrected chi connectivity index (χ1v) is 7.52. The summed E-state index contributed by atoms with van der Waals surface area (Å²) < 4.78 is 22.1. The van der Waals surface area contributed by atoms with Crippen molar-refractivity contribution >= 4 is 25.6 Å². The van der Waals surface area contributed by atoms with Crippen molar-refractivity contribution in [1.29, 1.82) is 0 Å². The molecule has 0 atom stereocenters. The molecule has 0 unspecified atom stereocenters. The number of rotatable bonds is 3. The van der Waals surface area contributed by atoms with E-state index < -0.39 is 9.05 Å². The molecule has 0 spiro atoms. The van der Waals surface area contributed by atoms with Gasteiger partial charge in [0, 0.05) is 29.3 Å². The van der Waals surface area contributed by atoms with E-state index in [9.17, 15) is 13.2 Å². The fourth-order valence-electron chi connectivity index (χ4n) is 1.59. The molecule has 92 valence electrons. The first kappa shape index (κ1) is 12.4. The fourth-order valence-corrected chi connectivity index (χ4v) is 2.36. The van der Waals surface area contributed by atoms with Crippen molar-refractivity contribution in [3.8, 4) is 0 Å². The predicted octanol–water partition coefficient (Wildman–Crippen LogP) is 1.85. The molecule has 17 heavy (non-hydrogen) atoms. The fraction of sp³-hybridized carbons (Fsp3) is 0.364. The van der Waals surface area contributed by atoms with E-state index in [4.69, 9.17) is 10.7 Å². The van der Waals surface area contributed by atoms with Crippen LogP contribution >= 0.6 is 10.7 Å². The van der Waals surface area contributed by atoms with Gasteiger partial charge in [-0.05, 0) is 37.1 Å².